The quantitative estimate of drug-likeness (QED) is 0.712. The molecule has 0 aliphatic carbocycles. The van der Waals surface area contributed by atoms with E-state index < -0.39 is 0 Å². The van der Waals surface area contributed by atoms with E-state index in [1.54, 1.807) is 14.2 Å². The van der Waals surface area contributed by atoms with Crippen LogP contribution in [0.3, 0.4) is 0 Å². The molecule has 0 aliphatic rings. The van der Waals surface area contributed by atoms with Crippen LogP contribution < -0.4 is 5.73 Å². The third-order valence-corrected chi connectivity index (χ3v) is 4.26. The van der Waals surface area contributed by atoms with E-state index in [0.717, 1.165) is 6.42 Å². The van der Waals surface area contributed by atoms with Gasteiger partial charge >= 0.3 is 0 Å². The second-order valence-electron chi connectivity index (χ2n) is 6.46. The lowest BCUT2D eigenvalue weighted by atomic mass is 9.83. The van der Waals surface area contributed by atoms with E-state index in [-0.39, 0.29) is 17.2 Å². The molecule has 0 aromatic rings. The SMILES string of the molecule is COC(CC(C)(CN)N(C)C(C)C(C)(C)C)OC. The Hall–Kier alpha value is -0.160. The maximum absolute atomic E-state index is 5.99. The molecule has 0 spiro atoms. The Kier molecular flexibility index (Phi) is 6.79. The zero-order chi connectivity index (χ0) is 14.6. The van der Waals surface area contributed by atoms with Gasteiger partial charge in [0.25, 0.3) is 0 Å². The highest BCUT2D eigenvalue weighted by Gasteiger charge is 2.37. The van der Waals surface area contributed by atoms with Gasteiger partial charge in [0, 0.05) is 38.8 Å². The number of hydrogen-bond acceptors (Lipinski definition) is 4. The van der Waals surface area contributed by atoms with Gasteiger partial charge in [-0.05, 0) is 26.3 Å². The summed E-state index contributed by atoms with van der Waals surface area (Å²) in [6, 6.07) is 0.417. The lowest BCUT2D eigenvalue weighted by molar-refractivity contribution is -0.132. The molecule has 2 N–H and O–H groups in total. The van der Waals surface area contributed by atoms with Crippen LogP contribution in [0.15, 0.2) is 0 Å². The van der Waals surface area contributed by atoms with E-state index in [2.05, 4.69) is 46.6 Å². The Balaban J connectivity index is 4.92. The monoisotopic (exact) mass is 260 g/mol. The average molecular weight is 260 g/mol. The maximum Gasteiger partial charge on any atom is 0.158 e. The summed E-state index contributed by atoms with van der Waals surface area (Å²) in [5.41, 5.74) is 6.07. The molecule has 0 heterocycles. The molecule has 0 bridgehead atoms. The number of likely N-dealkylation sites (N-methyl/N-ethyl adjacent to an activating group) is 1. The second kappa shape index (κ2) is 6.85. The summed E-state index contributed by atoms with van der Waals surface area (Å²) in [5.74, 6) is 0. The summed E-state index contributed by atoms with van der Waals surface area (Å²) < 4.78 is 10.6. The average Bonchev–Trinajstić information content (AvgIpc) is 2.32. The molecule has 0 saturated heterocycles. The van der Waals surface area contributed by atoms with Gasteiger partial charge in [0.1, 0.15) is 0 Å². The lowest BCUT2D eigenvalue weighted by Gasteiger charge is -2.47. The molecular formula is C14H32N2O2. The molecule has 0 aromatic carbocycles. The molecule has 0 radical (unpaired) electrons. The minimum Gasteiger partial charge on any atom is -0.356 e. The van der Waals surface area contributed by atoms with E-state index in [4.69, 9.17) is 15.2 Å². The molecule has 4 nitrogen and oxygen atoms in total. The number of hydrogen-bond donors (Lipinski definition) is 1. The van der Waals surface area contributed by atoms with Crippen molar-refractivity contribution in [2.75, 3.05) is 27.8 Å². The van der Waals surface area contributed by atoms with Crippen LogP contribution in [-0.4, -0.2) is 50.6 Å². The van der Waals surface area contributed by atoms with Crippen LogP contribution in [0.4, 0.5) is 0 Å². The van der Waals surface area contributed by atoms with Gasteiger partial charge in [-0.2, -0.15) is 0 Å². The fraction of sp³-hybridized carbons (Fsp3) is 1.00. The molecule has 2 atom stereocenters. The molecule has 0 fully saturated rings. The number of methoxy groups -OCH3 is 2. The van der Waals surface area contributed by atoms with E-state index in [1.807, 2.05) is 0 Å². The van der Waals surface area contributed by atoms with Gasteiger partial charge in [0.15, 0.2) is 6.29 Å². The number of ether oxygens (including phenoxy) is 2. The summed E-state index contributed by atoms with van der Waals surface area (Å²) in [6.07, 6.45) is 0.543. The van der Waals surface area contributed by atoms with Crippen LogP contribution in [0.5, 0.6) is 0 Å². The van der Waals surface area contributed by atoms with Crippen LogP contribution in [0.2, 0.25) is 0 Å². The van der Waals surface area contributed by atoms with Gasteiger partial charge in [-0.3, -0.25) is 4.90 Å². The minimum atomic E-state index is -0.215. The van der Waals surface area contributed by atoms with Crippen LogP contribution in [0.25, 0.3) is 0 Å². The normalized spacial score (nSPS) is 18.2. The van der Waals surface area contributed by atoms with Crippen molar-refractivity contribution >= 4 is 0 Å². The third-order valence-electron chi connectivity index (χ3n) is 4.26. The van der Waals surface area contributed by atoms with Crippen molar-refractivity contribution in [3.63, 3.8) is 0 Å². The van der Waals surface area contributed by atoms with Crippen LogP contribution in [0, 0.1) is 5.41 Å². The van der Waals surface area contributed by atoms with Crippen molar-refractivity contribution in [3.8, 4) is 0 Å². The Morgan fingerprint density at radius 1 is 1.11 bits per heavy atom. The van der Waals surface area contributed by atoms with Crippen LogP contribution in [-0.2, 0) is 9.47 Å². The van der Waals surface area contributed by atoms with Crippen LogP contribution in [0.1, 0.15) is 41.0 Å². The molecule has 0 aliphatic heterocycles. The summed E-state index contributed by atoms with van der Waals surface area (Å²) in [7, 11) is 5.46. The van der Waals surface area contributed by atoms with E-state index in [1.165, 1.54) is 0 Å². The first kappa shape index (κ1) is 17.8. The Morgan fingerprint density at radius 3 is 1.83 bits per heavy atom. The molecule has 110 valence electrons. The van der Waals surface area contributed by atoms with Crippen molar-refractivity contribution < 1.29 is 9.47 Å². The van der Waals surface area contributed by atoms with Crippen molar-refractivity contribution in [1.29, 1.82) is 0 Å². The predicted octanol–water partition coefficient (Wildman–Crippen LogP) is 2.08. The Bertz CT molecular complexity index is 236. The molecular weight excluding hydrogens is 228 g/mol. The third kappa shape index (κ3) is 4.50. The molecule has 2 unspecified atom stereocenters. The fourth-order valence-corrected chi connectivity index (χ4v) is 2.04. The summed E-state index contributed by atoms with van der Waals surface area (Å²) >= 11 is 0. The first-order valence-corrected chi connectivity index (χ1v) is 6.61. The van der Waals surface area contributed by atoms with Gasteiger partial charge < -0.3 is 15.2 Å². The molecule has 0 aromatic heterocycles. The molecule has 0 saturated carbocycles. The van der Waals surface area contributed by atoms with Gasteiger partial charge in [-0.1, -0.05) is 20.8 Å². The number of nitrogens with zero attached hydrogens (tertiary/aromatic N) is 1. The minimum absolute atomic E-state index is 0.136. The van der Waals surface area contributed by atoms with Crippen LogP contribution >= 0.6 is 0 Å². The smallest absolute Gasteiger partial charge is 0.158 e. The largest absolute Gasteiger partial charge is 0.356 e. The van der Waals surface area contributed by atoms with Crippen molar-refractivity contribution in [2.45, 2.75) is 58.9 Å². The zero-order valence-electron chi connectivity index (χ0n) is 13.4. The zero-order valence-corrected chi connectivity index (χ0v) is 13.4. The first-order chi connectivity index (χ1) is 8.12. The van der Waals surface area contributed by atoms with E-state index in [9.17, 15) is 0 Å². The summed E-state index contributed by atoms with van der Waals surface area (Å²) in [5, 5.41) is 0. The van der Waals surface area contributed by atoms with Crippen molar-refractivity contribution in [1.82, 2.24) is 4.90 Å². The van der Waals surface area contributed by atoms with Gasteiger partial charge in [-0.15, -0.1) is 0 Å². The van der Waals surface area contributed by atoms with E-state index >= 15 is 0 Å². The van der Waals surface area contributed by atoms with Gasteiger partial charge in [-0.25, -0.2) is 0 Å². The highest BCUT2D eigenvalue weighted by Crippen LogP contribution is 2.30. The lowest BCUT2D eigenvalue weighted by Crippen LogP contribution is -2.57. The van der Waals surface area contributed by atoms with E-state index in [0.29, 0.717) is 12.6 Å². The fourth-order valence-electron chi connectivity index (χ4n) is 2.04. The predicted molar refractivity (Wildman–Crippen MR) is 76.6 cm³/mol. The molecule has 0 amide bonds. The standard InChI is InChI=1S/C14H32N2O2/c1-11(13(2,3)4)16(6)14(5,10-15)9-12(17-7)18-8/h11-12H,9-10,15H2,1-8H3. The van der Waals surface area contributed by atoms with Gasteiger partial charge in [0.05, 0.1) is 0 Å². The molecule has 18 heavy (non-hydrogen) atoms. The first-order valence-electron chi connectivity index (χ1n) is 6.61. The number of rotatable bonds is 7. The van der Waals surface area contributed by atoms with Gasteiger partial charge in [0.2, 0.25) is 0 Å². The highest BCUT2D eigenvalue weighted by molar-refractivity contribution is 4.92. The topological polar surface area (TPSA) is 47.7 Å². The molecule has 0 rings (SSSR count). The summed E-state index contributed by atoms with van der Waals surface area (Å²) in [6.45, 7) is 11.7. The Labute approximate surface area is 113 Å². The Morgan fingerprint density at radius 2 is 1.56 bits per heavy atom. The number of nitrogens with two attached hydrogens (primary N) is 1. The van der Waals surface area contributed by atoms with Crippen molar-refractivity contribution in [3.05, 3.63) is 0 Å². The summed E-state index contributed by atoms with van der Waals surface area (Å²) in [4.78, 5) is 2.35. The van der Waals surface area contributed by atoms with Crippen molar-refractivity contribution in [2.24, 2.45) is 11.1 Å². The highest BCUT2D eigenvalue weighted by atomic mass is 16.7. The molecule has 4 heteroatoms. The maximum atomic E-state index is 5.99. The second-order valence-corrected chi connectivity index (χ2v) is 6.46.